The zero-order chi connectivity index (χ0) is 86.5. The van der Waals surface area contributed by atoms with E-state index in [9.17, 15) is 84.1 Å². The van der Waals surface area contributed by atoms with Gasteiger partial charge in [0, 0.05) is 67.1 Å². The molecule has 6 aromatic rings. The number of allylic oxidation sites excluding steroid dienone is 1. The van der Waals surface area contributed by atoms with Crippen molar-refractivity contribution in [2.45, 2.75) is 114 Å². The van der Waals surface area contributed by atoms with Crippen LogP contribution in [0, 0.1) is 50.6 Å². The van der Waals surface area contributed by atoms with Crippen LogP contribution in [-0.2, 0) is 83.8 Å². The minimum atomic E-state index is -1.41. The fourth-order valence-electron chi connectivity index (χ4n) is 10.5. The summed E-state index contributed by atoms with van der Waals surface area (Å²) in [6.07, 6.45) is 11.7. The highest BCUT2D eigenvalue weighted by atomic mass is 35.5. The molecule has 0 radical (unpaired) electrons. The molecule has 114 heavy (non-hydrogen) atoms. The van der Waals surface area contributed by atoms with Gasteiger partial charge in [-0.25, -0.2) is 34.7 Å². The molecule has 2 aliphatic carbocycles. The van der Waals surface area contributed by atoms with E-state index < -0.39 is 73.6 Å². The number of nitrogens with one attached hydrogen (secondary N) is 1. The Labute approximate surface area is 665 Å². The van der Waals surface area contributed by atoms with Gasteiger partial charge in [0.2, 0.25) is 37.7 Å². The molecule has 1 N–H and O–H groups in total. The number of hydrogen-bond donors (Lipinski definition) is 1. The normalized spacial score (nSPS) is 13.0. The third kappa shape index (κ3) is 28.5. The Kier molecular flexibility index (Phi) is 40.0. The van der Waals surface area contributed by atoms with Crippen molar-refractivity contribution in [3.63, 3.8) is 0 Å². The van der Waals surface area contributed by atoms with Gasteiger partial charge in [-0.1, -0.05) is 61.5 Å². The van der Waals surface area contributed by atoms with Crippen molar-refractivity contribution in [3.8, 4) is 23.5 Å². The van der Waals surface area contributed by atoms with Gasteiger partial charge in [-0.15, -0.1) is 0 Å². The number of amides is 1. The molecule has 9 rings (SSSR count). The molecule has 1 spiro atoms. The van der Waals surface area contributed by atoms with E-state index >= 15 is 0 Å². The molecule has 0 aromatic carbocycles. The number of pyridine rings is 6. The van der Waals surface area contributed by atoms with Crippen LogP contribution in [-0.4, -0.2) is 167 Å². The molecule has 1 unspecified atom stereocenters. The molecule has 0 bridgehead atoms. The van der Waals surface area contributed by atoms with Crippen LogP contribution < -0.4 is 24.3 Å². The summed E-state index contributed by atoms with van der Waals surface area (Å²) in [4.78, 5) is 171. The van der Waals surface area contributed by atoms with E-state index in [1.165, 1.54) is 65.9 Å². The number of esters is 4. The number of anilines is 1. The number of nitro groups is 5. The Balaban J connectivity index is 0.000000454. The van der Waals surface area contributed by atoms with Crippen LogP contribution in [0.2, 0.25) is 35.0 Å². The summed E-state index contributed by atoms with van der Waals surface area (Å²) >= 11 is 16.6. The van der Waals surface area contributed by atoms with E-state index in [2.05, 4.69) is 84.1 Å². The Hall–Kier alpha value is -12.7. The summed E-state index contributed by atoms with van der Waals surface area (Å²) in [7, 11) is 7.87. The highest BCUT2D eigenvalue weighted by Crippen LogP contribution is 2.48. The molecular formula is C70H79Cl3N12O28Si. The number of Topliss-reactive ketones (excluding diaryl/α,β-unsaturated/α-hetero) is 2. The van der Waals surface area contributed by atoms with Crippen molar-refractivity contribution < 1.29 is 110 Å². The topological polar surface area (TPSA) is 542 Å². The van der Waals surface area contributed by atoms with Gasteiger partial charge in [-0.05, 0) is 76.4 Å². The smallest absolute Gasteiger partial charge is 0.373 e. The number of halogens is 3. The largest absolute Gasteiger partial charge is 0.545 e. The van der Waals surface area contributed by atoms with Crippen molar-refractivity contribution in [1.29, 1.82) is 0 Å². The molecule has 3 aliphatic rings. The number of carbonyl (C=O) groups excluding carboxylic acids is 9. The zero-order valence-corrected chi connectivity index (χ0v) is 66.7. The van der Waals surface area contributed by atoms with Gasteiger partial charge >= 0.3 is 35.7 Å². The predicted octanol–water partition coefficient (Wildman–Crippen LogP) is 11.8. The van der Waals surface area contributed by atoms with Crippen LogP contribution in [0.5, 0.6) is 23.5 Å². The van der Waals surface area contributed by atoms with E-state index in [4.69, 9.17) is 77.2 Å². The number of carbonyl (C=O) groups is 7. The third-order valence-corrected chi connectivity index (χ3v) is 17.6. The van der Waals surface area contributed by atoms with Gasteiger partial charge in [0.05, 0.1) is 133 Å². The van der Waals surface area contributed by atoms with Crippen LogP contribution in [0.3, 0.4) is 0 Å². The molecular weight excluding hydrogens is 1590 g/mol. The van der Waals surface area contributed by atoms with Gasteiger partial charge < -0.3 is 47.6 Å². The number of fused-ring (bicyclic) bond motifs is 2. The molecule has 0 saturated heterocycles. The van der Waals surface area contributed by atoms with Gasteiger partial charge in [-0.3, -0.25) is 79.3 Å². The number of hydrogen-bond acceptors (Lipinski definition) is 34. The van der Waals surface area contributed by atoms with Gasteiger partial charge in [0.15, 0.2) is 0 Å². The second kappa shape index (κ2) is 46.8. The maximum atomic E-state index is 12.4. The molecule has 40 nitrogen and oxygen atoms in total. The molecule has 6 aromatic heterocycles. The Morgan fingerprint density at radius 2 is 1.03 bits per heavy atom. The summed E-state index contributed by atoms with van der Waals surface area (Å²) in [5.41, 5.74) is -0.881. The van der Waals surface area contributed by atoms with E-state index in [0.29, 0.717) is 43.7 Å². The quantitative estimate of drug-likeness (QED) is 0.00759. The maximum Gasteiger partial charge on any atom is 0.373 e. The molecule has 44 heteroatoms. The monoisotopic (exact) mass is 1670 g/mol. The third-order valence-electron chi connectivity index (χ3n) is 16.0. The molecule has 1 aliphatic heterocycles. The van der Waals surface area contributed by atoms with E-state index in [-0.39, 0.29) is 152 Å². The lowest BCUT2D eigenvalue weighted by Gasteiger charge is -2.33. The summed E-state index contributed by atoms with van der Waals surface area (Å²) in [6, 6.07) is 8.35. The Morgan fingerprint density at radius 1 is 0.588 bits per heavy atom. The summed E-state index contributed by atoms with van der Waals surface area (Å²) in [5, 5.41) is 56.9. The fraction of sp³-hybridized carbons (Fsp3) is 0.371. The van der Waals surface area contributed by atoms with Crippen LogP contribution in [0.4, 0.5) is 34.1 Å². The summed E-state index contributed by atoms with van der Waals surface area (Å²) in [5.74, 6) is -1.12. The van der Waals surface area contributed by atoms with Gasteiger partial charge in [0.25, 0.3) is 22.7 Å². The number of ether oxygens (including phenoxy) is 8. The van der Waals surface area contributed by atoms with Crippen LogP contribution >= 0.6 is 34.8 Å². The lowest BCUT2D eigenvalue weighted by molar-refractivity contribution is -0.386. The molecule has 7 heterocycles. The van der Waals surface area contributed by atoms with Gasteiger partial charge in [0.1, 0.15) is 63.3 Å². The summed E-state index contributed by atoms with van der Waals surface area (Å²) in [6.45, 7) is 20.6. The highest BCUT2D eigenvalue weighted by molar-refractivity contribution is 6.70. The molecule has 2 fully saturated rings. The SMILES string of the molecule is C=C(C(=O)OC)c1cc(OC)ncc1[N+](=O)[O-].C=CC(=C)O[Si](C)(C)C.CCOC(=O)C(CC)c1cc(Cl)ncc1[N+](=O)[O-].COC(=O)C1(c2cc(OC)ncc2[N+](=O)[O-])CCC(=O)CC1.COC(=O)Cc1cc(OC)ncc1[N+](=O)[O-].COc1cc2c(cn1)NC(=O)C21CCC(=O)CC1.O=C=O.O=[N+]([O-])c1cnc(Cl)cc1Cl. The number of nitrogens with zero attached hydrogens (tertiary/aromatic N) is 11. The first kappa shape index (κ1) is 97.4. The van der Waals surface area contributed by atoms with Crippen LogP contribution in [0.1, 0.15) is 105 Å². The molecule has 612 valence electrons. The first-order valence-corrected chi connectivity index (χ1v) is 37.5. The second-order valence-corrected chi connectivity index (χ2v) is 29.6. The van der Waals surface area contributed by atoms with Crippen molar-refractivity contribution >= 4 is 130 Å². The first-order valence-electron chi connectivity index (χ1n) is 33.0. The van der Waals surface area contributed by atoms with Crippen LogP contribution in [0.25, 0.3) is 5.57 Å². The first-order chi connectivity index (χ1) is 53.7. The van der Waals surface area contributed by atoms with E-state index in [1.807, 2.05) is 6.07 Å². The predicted molar refractivity (Wildman–Crippen MR) is 406 cm³/mol. The van der Waals surface area contributed by atoms with Crippen molar-refractivity contribution in [2.24, 2.45) is 0 Å². The van der Waals surface area contributed by atoms with E-state index in [1.54, 1.807) is 33.2 Å². The zero-order valence-electron chi connectivity index (χ0n) is 63.5. The Morgan fingerprint density at radius 3 is 1.46 bits per heavy atom. The highest BCUT2D eigenvalue weighted by Gasteiger charge is 2.50. The van der Waals surface area contributed by atoms with Crippen LogP contribution in [0.15, 0.2) is 105 Å². The number of ketones is 2. The number of aromatic nitrogens is 6. The lowest BCUT2D eigenvalue weighted by atomic mass is 9.68. The summed E-state index contributed by atoms with van der Waals surface area (Å²) < 4.78 is 43.8. The van der Waals surface area contributed by atoms with E-state index in [0.717, 1.165) is 49.3 Å². The molecule has 2 saturated carbocycles. The second-order valence-electron chi connectivity index (χ2n) is 24.0. The number of methoxy groups -OCH3 is 7. The Bertz CT molecular complexity index is 4580. The van der Waals surface area contributed by atoms with Crippen molar-refractivity contribution in [1.82, 2.24) is 29.9 Å². The average Bonchev–Trinajstić information content (AvgIpc) is 1.55. The van der Waals surface area contributed by atoms with Gasteiger partial charge in [-0.2, -0.15) is 9.59 Å². The minimum Gasteiger partial charge on any atom is -0.545 e. The minimum absolute atomic E-state index is 0.00463. The molecule has 1 atom stereocenters. The maximum absolute atomic E-state index is 12.4. The van der Waals surface area contributed by atoms with Crippen molar-refractivity contribution in [3.05, 3.63) is 199 Å². The standard InChI is InChI=1S/C14H16N2O6.C13H14N2O3.C11H13ClN2O4.C10H10N2O5.C9H10N2O5.C7H14OSi.C5H2Cl2N2O2.CO2/c1-21-12-7-10(11(8-15-12)16(19)20)14(13(18)22-2)5-3-9(17)4-6-14;1-18-11-6-9-10(7-14-11)15-12(17)13(9)4-2-8(16)3-5-13;1-3-7(11(15)18-4-2)8-5-10(12)13-6-9(8)14(16)17;1-6(10(13)17-3)7-4-9(16-2)11-5-8(7)12(14)15;1-15-8-3-6(4-9(12)16-2)7(5-10-8)11(13)14;1-6-7(2)8-9(3,4)5;6-3-1-5(7)8-2-4(3)9(10)11;2-1-3/h7-8H,3-6H2,1-2H3;6-7H,2-5H2,1H3,(H,15,17);5-7H,3-4H2,1-2H3;4-5H,1H2,2-3H3;3,5H,4H2,1-2H3;6H,1-2H2,3-5H3;1-2H;. The fourth-order valence-corrected chi connectivity index (χ4v) is 12.0. The number of rotatable bonds is 22. The average molecular weight is 1670 g/mol. The lowest BCUT2D eigenvalue weighted by Crippen LogP contribution is -2.41. The van der Waals surface area contributed by atoms with Crippen molar-refractivity contribution in [2.75, 3.05) is 61.7 Å². The molecule has 1 amide bonds.